The molecule has 1 rings (SSSR count). The second-order valence-corrected chi connectivity index (χ2v) is 8.15. The molecule has 29 heavy (non-hydrogen) atoms. The monoisotopic (exact) mass is 411 g/mol. The molecule has 5 N–H and O–H groups in total. The largest absolute Gasteiger partial charge is 0.504 e. The molecule has 0 saturated carbocycles. The second-order valence-electron chi connectivity index (χ2n) is 8.15. The van der Waals surface area contributed by atoms with Crippen LogP contribution in [0.3, 0.4) is 0 Å². The van der Waals surface area contributed by atoms with Crippen molar-refractivity contribution in [2.75, 3.05) is 20.3 Å². The Labute approximate surface area is 173 Å². The summed E-state index contributed by atoms with van der Waals surface area (Å²) >= 11 is 0. The number of nitrogens with two attached hydrogens (primary N) is 1. The van der Waals surface area contributed by atoms with Gasteiger partial charge < -0.3 is 30.5 Å². The van der Waals surface area contributed by atoms with Crippen LogP contribution in [0.2, 0.25) is 0 Å². The van der Waals surface area contributed by atoms with E-state index >= 15 is 0 Å². The van der Waals surface area contributed by atoms with E-state index in [0.29, 0.717) is 31.3 Å². The van der Waals surface area contributed by atoms with Crippen molar-refractivity contribution in [2.24, 2.45) is 23.5 Å². The Morgan fingerprint density at radius 1 is 1.17 bits per heavy atom. The van der Waals surface area contributed by atoms with E-state index in [4.69, 9.17) is 20.3 Å². The molecule has 1 aromatic carbocycles. The molecule has 4 atom stereocenters. The third-order valence-electron chi connectivity index (χ3n) is 5.30. The lowest BCUT2D eigenvalue weighted by Gasteiger charge is -2.28. The van der Waals surface area contributed by atoms with Crippen LogP contribution < -0.4 is 10.5 Å². The van der Waals surface area contributed by atoms with Crippen LogP contribution in [0.15, 0.2) is 18.2 Å². The van der Waals surface area contributed by atoms with E-state index in [1.54, 1.807) is 20.1 Å². The van der Waals surface area contributed by atoms with Gasteiger partial charge in [0.25, 0.3) is 0 Å². The molecule has 0 radical (unpaired) electrons. The van der Waals surface area contributed by atoms with Gasteiger partial charge >= 0.3 is 5.97 Å². The van der Waals surface area contributed by atoms with Crippen LogP contribution in [0.1, 0.15) is 45.6 Å². The third-order valence-corrected chi connectivity index (χ3v) is 5.30. The molecule has 7 nitrogen and oxygen atoms in total. The molecule has 0 spiro atoms. The first-order valence-electron chi connectivity index (χ1n) is 10.3. The Morgan fingerprint density at radius 2 is 1.86 bits per heavy atom. The van der Waals surface area contributed by atoms with Crippen molar-refractivity contribution >= 4 is 5.97 Å². The molecule has 1 aromatic rings. The zero-order chi connectivity index (χ0) is 22.0. The summed E-state index contributed by atoms with van der Waals surface area (Å²) < 4.78 is 10.7. The van der Waals surface area contributed by atoms with Crippen LogP contribution in [0, 0.1) is 17.8 Å². The highest BCUT2D eigenvalue weighted by molar-refractivity contribution is 5.69. The number of phenolic OH excluding ortho intramolecular Hbond substituents is 1. The van der Waals surface area contributed by atoms with Crippen molar-refractivity contribution in [3.05, 3.63) is 23.8 Å². The van der Waals surface area contributed by atoms with Gasteiger partial charge in [-0.15, -0.1) is 0 Å². The Morgan fingerprint density at radius 3 is 2.45 bits per heavy atom. The van der Waals surface area contributed by atoms with Crippen molar-refractivity contribution in [2.45, 2.75) is 58.6 Å². The highest BCUT2D eigenvalue weighted by atomic mass is 16.5. The lowest BCUT2D eigenvalue weighted by molar-refractivity contribution is -0.142. The van der Waals surface area contributed by atoms with Gasteiger partial charge in [0.1, 0.15) is 0 Å². The van der Waals surface area contributed by atoms with E-state index in [9.17, 15) is 15.0 Å². The number of methoxy groups -OCH3 is 1. The number of aliphatic hydroxyl groups is 1. The van der Waals surface area contributed by atoms with E-state index in [1.165, 1.54) is 0 Å². The van der Waals surface area contributed by atoms with Gasteiger partial charge in [0.05, 0.1) is 18.6 Å². The minimum Gasteiger partial charge on any atom is -0.504 e. The van der Waals surface area contributed by atoms with Crippen molar-refractivity contribution in [1.82, 2.24) is 0 Å². The molecular weight excluding hydrogens is 374 g/mol. The molecular formula is C22H37NO6. The van der Waals surface area contributed by atoms with E-state index < -0.39 is 24.0 Å². The molecule has 7 heteroatoms. The summed E-state index contributed by atoms with van der Waals surface area (Å²) in [5.41, 5.74) is 7.20. The Balaban J connectivity index is 2.74. The molecule has 0 bridgehead atoms. The minimum absolute atomic E-state index is 0.0991. The maximum absolute atomic E-state index is 11.0. The SMILES string of the molecule is COCCCOc1cc(C[C@@H](C[C@H](N)[C@@H](O)C[C@@H](C)C(=O)O)C(C)C)ccc1O. The molecule has 0 amide bonds. The second kappa shape index (κ2) is 12.7. The fraction of sp³-hybridized carbons (Fsp3) is 0.682. The van der Waals surface area contributed by atoms with Crippen molar-refractivity contribution in [3.8, 4) is 11.5 Å². The van der Waals surface area contributed by atoms with E-state index in [2.05, 4.69) is 13.8 Å². The standard InChI is InChI=1S/C22H37NO6/c1-14(2)17(13-18(23)20(25)10-15(3)22(26)27)11-16-6-7-19(24)21(12-16)29-9-5-8-28-4/h6-7,12,14-15,17-18,20,24-25H,5,8-11,13,23H2,1-4H3,(H,26,27)/t15-,17+,18+,20+/m1/s1. The number of carboxylic acids is 1. The number of aromatic hydroxyl groups is 1. The molecule has 0 aliphatic rings. The number of hydrogen-bond donors (Lipinski definition) is 4. The molecule has 0 aliphatic heterocycles. The normalized spacial score (nSPS) is 15.7. The molecule has 166 valence electrons. The predicted octanol–water partition coefficient (Wildman–Crippen LogP) is 2.81. The Bertz CT molecular complexity index is 621. The Kier molecular flexibility index (Phi) is 11.0. The van der Waals surface area contributed by atoms with Crippen LogP contribution in [0.25, 0.3) is 0 Å². The zero-order valence-electron chi connectivity index (χ0n) is 18.0. The maximum atomic E-state index is 11.0. The van der Waals surface area contributed by atoms with Crippen molar-refractivity contribution < 1.29 is 29.6 Å². The highest BCUT2D eigenvalue weighted by Gasteiger charge is 2.26. The third kappa shape index (κ3) is 9.02. The van der Waals surface area contributed by atoms with Gasteiger partial charge in [-0.1, -0.05) is 26.8 Å². The topological polar surface area (TPSA) is 122 Å². The van der Waals surface area contributed by atoms with Gasteiger partial charge in [0.15, 0.2) is 11.5 Å². The summed E-state index contributed by atoms with van der Waals surface area (Å²) in [5.74, 6) is -0.499. The number of benzene rings is 1. The number of aliphatic hydroxyl groups excluding tert-OH is 1. The quantitative estimate of drug-likeness (QED) is 0.347. The van der Waals surface area contributed by atoms with Crippen molar-refractivity contribution in [3.63, 3.8) is 0 Å². The number of aliphatic carboxylic acids is 1. The highest BCUT2D eigenvalue weighted by Crippen LogP contribution is 2.30. The summed E-state index contributed by atoms with van der Waals surface area (Å²) in [6.07, 6.45) is 1.31. The molecule has 0 aliphatic carbocycles. The minimum atomic E-state index is -0.932. The van der Waals surface area contributed by atoms with Gasteiger partial charge in [-0.3, -0.25) is 4.79 Å². The van der Waals surface area contributed by atoms with Gasteiger partial charge in [-0.25, -0.2) is 0 Å². The van der Waals surface area contributed by atoms with Crippen LogP contribution in [0.4, 0.5) is 0 Å². The zero-order valence-corrected chi connectivity index (χ0v) is 18.0. The average molecular weight is 412 g/mol. The molecule has 0 fully saturated rings. The van der Waals surface area contributed by atoms with Gasteiger partial charge in [0.2, 0.25) is 0 Å². The summed E-state index contributed by atoms with van der Waals surface area (Å²) in [6, 6.07) is 4.83. The Hall–Kier alpha value is -1.83. The smallest absolute Gasteiger partial charge is 0.306 e. The fourth-order valence-corrected chi connectivity index (χ4v) is 3.22. The molecule has 0 heterocycles. The number of carboxylic acid groups (broad SMARTS) is 1. The molecule has 0 saturated heterocycles. The van der Waals surface area contributed by atoms with Gasteiger partial charge in [-0.05, 0) is 48.8 Å². The van der Waals surface area contributed by atoms with Gasteiger partial charge in [0, 0.05) is 26.2 Å². The number of rotatable bonds is 14. The first kappa shape index (κ1) is 25.2. The number of carbonyl (C=O) groups is 1. The van der Waals surface area contributed by atoms with E-state index in [1.807, 2.05) is 12.1 Å². The summed E-state index contributed by atoms with van der Waals surface area (Å²) in [6.45, 7) is 6.83. The van der Waals surface area contributed by atoms with Crippen molar-refractivity contribution in [1.29, 1.82) is 0 Å². The molecule has 0 aromatic heterocycles. The van der Waals surface area contributed by atoms with Crippen LogP contribution in [0.5, 0.6) is 11.5 Å². The first-order valence-corrected chi connectivity index (χ1v) is 10.3. The number of ether oxygens (including phenoxy) is 2. The lowest BCUT2D eigenvalue weighted by atomic mass is 9.82. The van der Waals surface area contributed by atoms with Gasteiger partial charge in [-0.2, -0.15) is 0 Å². The predicted molar refractivity (Wildman–Crippen MR) is 112 cm³/mol. The fourth-order valence-electron chi connectivity index (χ4n) is 3.22. The summed E-state index contributed by atoms with van der Waals surface area (Å²) in [7, 11) is 1.63. The summed E-state index contributed by atoms with van der Waals surface area (Å²) in [5, 5.41) is 29.4. The molecule has 0 unspecified atom stereocenters. The number of hydrogen-bond acceptors (Lipinski definition) is 6. The van der Waals surface area contributed by atoms with E-state index in [-0.39, 0.29) is 18.1 Å². The maximum Gasteiger partial charge on any atom is 0.306 e. The van der Waals surface area contributed by atoms with Crippen LogP contribution in [-0.4, -0.2) is 53.8 Å². The number of phenols is 1. The first-order chi connectivity index (χ1) is 13.6. The average Bonchev–Trinajstić information content (AvgIpc) is 2.66. The van der Waals surface area contributed by atoms with Crippen LogP contribution >= 0.6 is 0 Å². The summed E-state index contributed by atoms with van der Waals surface area (Å²) in [4.78, 5) is 11.0. The van der Waals surface area contributed by atoms with E-state index in [0.717, 1.165) is 18.4 Å². The lowest BCUT2D eigenvalue weighted by Crippen LogP contribution is -2.39. The van der Waals surface area contributed by atoms with Crippen LogP contribution in [-0.2, 0) is 16.0 Å².